The molecule has 1 aromatic rings. The van der Waals surface area contributed by atoms with Crippen molar-refractivity contribution in [2.45, 2.75) is 20.4 Å². The van der Waals surface area contributed by atoms with Crippen LogP contribution in [0.3, 0.4) is 0 Å². The summed E-state index contributed by atoms with van der Waals surface area (Å²) in [7, 11) is 0. The van der Waals surface area contributed by atoms with Crippen molar-refractivity contribution < 1.29 is 4.18 Å². The molecule has 0 saturated carbocycles. The van der Waals surface area contributed by atoms with Crippen LogP contribution in [-0.2, 0) is 10.7 Å². The molecule has 0 N–H and O–H groups in total. The molecule has 1 rings (SSSR count). The lowest BCUT2D eigenvalue weighted by molar-refractivity contribution is 0.352. The third-order valence-corrected chi connectivity index (χ3v) is 1.70. The Morgan fingerprint density at radius 1 is 1.64 bits per heavy atom. The summed E-state index contributed by atoms with van der Waals surface area (Å²) in [6, 6.07) is 0. The van der Waals surface area contributed by atoms with Gasteiger partial charge >= 0.3 is 0 Å². The third-order valence-electron chi connectivity index (χ3n) is 1.52. The average molecular weight is 172 g/mol. The van der Waals surface area contributed by atoms with Crippen molar-refractivity contribution in [2.75, 3.05) is 6.61 Å². The van der Waals surface area contributed by atoms with Crippen molar-refractivity contribution in [2.24, 2.45) is 0 Å². The smallest absolute Gasteiger partial charge is 0.105 e. The summed E-state index contributed by atoms with van der Waals surface area (Å²) in [5.74, 6) is 1.02. The Balaban J connectivity index is 2.62. The van der Waals surface area contributed by atoms with Crippen LogP contribution >= 0.6 is 12.9 Å². The lowest BCUT2D eigenvalue weighted by Crippen LogP contribution is -2.03. The molecular weight excluding hydrogens is 160 g/mol. The van der Waals surface area contributed by atoms with Crippen molar-refractivity contribution in [3.8, 4) is 0 Å². The molecule has 1 aromatic heterocycles. The monoisotopic (exact) mass is 172 g/mol. The van der Waals surface area contributed by atoms with Crippen LogP contribution in [0.5, 0.6) is 0 Å². The molecule has 0 radical (unpaired) electrons. The lowest BCUT2D eigenvalue weighted by Gasteiger charge is -2.01. The number of rotatable bonds is 3. The molecule has 0 unspecified atom stereocenters. The number of aromatic nitrogens is 2. The van der Waals surface area contributed by atoms with E-state index in [0.29, 0.717) is 6.61 Å². The van der Waals surface area contributed by atoms with E-state index in [4.69, 9.17) is 0 Å². The normalized spacial score (nSPS) is 10.5. The number of imidazole rings is 1. The van der Waals surface area contributed by atoms with Gasteiger partial charge in [-0.25, -0.2) is 4.98 Å². The van der Waals surface area contributed by atoms with Crippen LogP contribution in [0.25, 0.3) is 0 Å². The minimum Gasteiger partial charge on any atom is -0.333 e. The highest BCUT2D eigenvalue weighted by molar-refractivity contribution is 7.75. The van der Waals surface area contributed by atoms with E-state index in [2.05, 4.69) is 22.1 Å². The molecule has 0 aliphatic heterocycles. The molecule has 0 bridgehead atoms. The Morgan fingerprint density at radius 2 is 2.36 bits per heavy atom. The summed E-state index contributed by atoms with van der Waals surface area (Å²) in [6.07, 6.45) is 2.00. The SMILES string of the molecule is Cc1cn(CCOS)c(C)n1. The highest BCUT2D eigenvalue weighted by atomic mass is 32.1. The van der Waals surface area contributed by atoms with Gasteiger partial charge in [0.1, 0.15) is 5.82 Å². The van der Waals surface area contributed by atoms with Gasteiger partial charge in [-0.1, -0.05) is 0 Å². The van der Waals surface area contributed by atoms with Crippen molar-refractivity contribution in [1.82, 2.24) is 9.55 Å². The molecule has 1 heterocycles. The summed E-state index contributed by atoms with van der Waals surface area (Å²) in [4.78, 5) is 4.25. The highest BCUT2D eigenvalue weighted by Crippen LogP contribution is 2.00. The van der Waals surface area contributed by atoms with Gasteiger partial charge in [0.2, 0.25) is 0 Å². The second kappa shape index (κ2) is 3.78. The number of nitrogens with zero attached hydrogens (tertiary/aromatic N) is 2. The van der Waals surface area contributed by atoms with E-state index in [1.54, 1.807) is 0 Å². The zero-order valence-corrected chi connectivity index (χ0v) is 7.64. The Hall–Kier alpha value is -0.480. The Bertz CT molecular complexity index is 234. The van der Waals surface area contributed by atoms with E-state index >= 15 is 0 Å². The molecule has 0 saturated heterocycles. The summed E-state index contributed by atoms with van der Waals surface area (Å²) >= 11 is 3.66. The van der Waals surface area contributed by atoms with E-state index in [0.717, 1.165) is 18.1 Å². The third kappa shape index (κ3) is 2.24. The number of hydrogen-bond donors (Lipinski definition) is 1. The maximum atomic E-state index is 4.66. The predicted octanol–water partition coefficient (Wildman–Crippen LogP) is 1.36. The second-order valence-electron chi connectivity index (χ2n) is 2.46. The molecular formula is C7H12N2OS. The molecule has 0 amide bonds. The van der Waals surface area contributed by atoms with Gasteiger partial charge in [-0.3, -0.25) is 0 Å². The Kier molecular flexibility index (Phi) is 2.96. The minimum atomic E-state index is 0.611. The van der Waals surface area contributed by atoms with Gasteiger partial charge < -0.3 is 8.75 Å². The molecule has 0 fully saturated rings. The van der Waals surface area contributed by atoms with E-state index in [1.807, 2.05) is 24.6 Å². The Morgan fingerprint density at radius 3 is 2.82 bits per heavy atom. The molecule has 11 heavy (non-hydrogen) atoms. The number of aryl methyl sites for hydroxylation is 2. The number of thiol groups is 1. The number of hydrogen-bond acceptors (Lipinski definition) is 3. The molecule has 0 atom stereocenters. The van der Waals surface area contributed by atoms with Crippen molar-refractivity contribution >= 4 is 12.9 Å². The quantitative estimate of drug-likeness (QED) is 0.550. The largest absolute Gasteiger partial charge is 0.333 e. The summed E-state index contributed by atoms with van der Waals surface area (Å²) in [6.45, 7) is 5.38. The van der Waals surface area contributed by atoms with E-state index in [1.165, 1.54) is 0 Å². The molecule has 0 aromatic carbocycles. The van der Waals surface area contributed by atoms with Gasteiger partial charge in [0, 0.05) is 12.7 Å². The van der Waals surface area contributed by atoms with Crippen LogP contribution in [0.1, 0.15) is 11.5 Å². The lowest BCUT2D eigenvalue weighted by atomic mass is 10.5. The van der Waals surface area contributed by atoms with Crippen LogP contribution in [0.15, 0.2) is 6.20 Å². The molecule has 62 valence electrons. The van der Waals surface area contributed by atoms with Gasteiger partial charge in [-0.15, -0.1) is 0 Å². The topological polar surface area (TPSA) is 27.1 Å². The molecule has 0 aliphatic carbocycles. The van der Waals surface area contributed by atoms with Crippen molar-refractivity contribution in [3.05, 3.63) is 17.7 Å². The Labute approximate surface area is 72.0 Å². The van der Waals surface area contributed by atoms with Gasteiger partial charge in [0.25, 0.3) is 0 Å². The van der Waals surface area contributed by atoms with Gasteiger partial charge in [0.15, 0.2) is 0 Å². The fourth-order valence-corrected chi connectivity index (χ4v) is 1.11. The first-order valence-corrected chi connectivity index (χ1v) is 3.87. The van der Waals surface area contributed by atoms with Crippen LogP contribution in [0.4, 0.5) is 0 Å². The fraction of sp³-hybridized carbons (Fsp3) is 0.571. The van der Waals surface area contributed by atoms with Gasteiger partial charge in [0.05, 0.1) is 12.3 Å². The van der Waals surface area contributed by atoms with E-state index in [9.17, 15) is 0 Å². The van der Waals surface area contributed by atoms with Crippen LogP contribution in [0, 0.1) is 13.8 Å². The standard InChI is InChI=1S/C7H12N2OS/c1-6-5-9(3-4-10-11)7(2)8-6/h5,11H,3-4H2,1-2H3. The first kappa shape index (κ1) is 8.62. The van der Waals surface area contributed by atoms with Crippen molar-refractivity contribution in [1.29, 1.82) is 0 Å². The summed E-state index contributed by atoms with van der Waals surface area (Å²) < 4.78 is 6.70. The first-order valence-electron chi connectivity index (χ1n) is 3.51. The predicted molar refractivity (Wildman–Crippen MR) is 46.6 cm³/mol. The van der Waals surface area contributed by atoms with E-state index in [-0.39, 0.29) is 0 Å². The van der Waals surface area contributed by atoms with Crippen LogP contribution in [-0.4, -0.2) is 16.2 Å². The molecule has 0 spiro atoms. The van der Waals surface area contributed by atoms with Gasteiger partial charge in [-0.05, 0) is 26.8 Å². The van der Waals surface area contributed by atoms with Gasteiger partial charge in [-0.2, -0.15) is 0 Å². The maximum absolute atomic E-state index is 4.66. The molecule has 3 nitrogen and oxygen atoms in total. The fourth-order valence-electron chi connectivity index (χ4n) is 1.03. The minimum absolute atomic E-state index is 0.611. The summed E-state index contributed by atoms with van der Waals surface area (Å²) in [5, 5.41) is 0. The average Bonchev–Trinajstić information content (AvgIpc) is 2.26. The van der Waals surface area contributed by atoms with E-state index < -0.39 is 0 Å². The van der Waals surface area contributed by atoms with Crippen molar-refractivity contribution in [3.63, 3.8) is 0 Å². The van der Waals surface area contributed by atoms with Crippen LogP contribution < -0.4 is 0 Å². The molecule has 0 aliphatic rings. The summed E-state index contributed by atoms with van der Waals surface area (Å²) in [5.41, 5.74) is 1.04. The molecule has 4 heteroatoms. The maximum Gasteiger partial charge on any atom is 0.105 e. The zero-order valence-electron chi connectivity index (χ0n) is 6.74. The zero-order chi connectivity index (χ0) is 8.27. The first-order chi connectivity index (χ1) is 5.24. The second-order valence-corrected chi connectivity index (χ2v) is 2.71. The highest BCUT2D eigenvalue weighted by Gasteiger charge is 1.98. The van der Waals surface area contributed by atoms with Crippen LogP contribution in [0.2, 0.25) is 0 Å².